The van der Waals surface area contributed by atoms with Crippen molar-refractivity contribution < 1.29 is 9.59 Å². The van der Waals surface area contributed by atoms with Gasteiger partial charge in [-0.05, 0) is 13.3 Å². The number of hydrogen-bond donors (Lipinski definition) is 2. The van der Waals surface area contributed by atoms with Gasteiger partial charge in [0.1, 0.15) is 0 Å². The van der Waals surface area contributed by atoms with Crippen LogP contribution in [0.3, 0.4) is 0 Å². The molecule has 1 aliphatic rings. The minimum absolute atomic E-state index is 0.0375. The largest absolute Gasteiger partial charge is 0.356 e. The van der Waals surface area contributed by atoms with Crippen LogP contribution in [0.5, 0.6) is 0 Å². The molecule has 1 fully saturated rings. The van der Waals surface area contributed by atoms with Crippen molar-refractivity contribution in [3.05, 3.63) is 0 Å². The Morgan fingerprint density at radius 2 is 2.05 bits per heavy atom. The lowest BCUT2D eigenvalue weighted by molar-refractivity contribution is -0.134. The van der Waals surface area contributed by atoms with Crippen LogP contribution >= 0.6 is 0 Å². The molecule has 1 saturated heterocycles. The Labute approximate surface area is 116 Å². The van der Waals surface area contributed by atoms with Crippen LogP contribution in [0, 0.1) is 5.41 Å². The van der Waals surface area contributed by atoms with Crippen LogP contribution in [0.4, 0.5) is 0 Å². The fraction of sp³-hybridized carbons (Fsp3) is 0.857. The Balaban J connectivity index is 2.22. The van der Waals surface area contributed by atoms with E-state index in [4.69, 9.17) is 0 Å². The second kappa shape index (κ2) is 6.89. The Morgan fingerprint density at radius 1 is 1.37 bits per heavy atom. The van der Waals surface area contributed by atoms with E-state index in [0.29, 0.717) is 19.4 Å². The predicted molar refractivity (Wildman–Crippen MR) is 75.7 cm³/mol. The van der Waals surface area contributed by atoms with Gasteiger partial charge in [0, 0.05) is 44.1 Å². The van der Waals surface area contributed by atoms with Gasteiger partial charge in [-0.15, -0.1) is 0 Å². The molecule has 0 aromatic rings. The lowest BCUT2D eigenvalue weighted by Gasteiger charge is -2.34. The molecule has 0 radical (unpaired) electrons. The first-order valence-corrected chi connectivity index (χ1v) is 7.11. The first-order valence-electron chi connectivity index (χ1n) is 7.11. The zero-order valence-corrected chi connectivity index (χ0v) is 12.6. The Bertz CT molecular complexity index is 323. The fourth-order valence-corrected chi connectivity index (χ4v) is 2.06. The summed E-state index contributed by atoms with van der Waals surface area (Å²) < 4.78 is 0. The van der Waals surface area contributed by atoms with Crippen LogP contribution in [0.25, 0.3) is 0 Å². The zero-order chi connectivity index (χ0) is 14.5. The quantitative estimate of drug-likeness (QED) is 0.740. The van der Waals surface area contributed by atoms with Crippen molar-refractivity contribution in [3.63, 3.8) is 0 Å². The minimum atomic E-state index is -0.364. The lowest BCUT2D eigenvalue weighted by Crippen LogP contribution is -2.52. The van der Waals surface area contributed by atoms with Crippen LogP contribution in [0.1, 0.15) is 40.5 Å². The minimum Gasteiger partial charge on any atom is -0.356 e. The fourth-order valence-electron chi connectivity index (χ4n) is 2.06. The summed E-state index contributed by atoms with van der Waals surface area (Å²) in [5, 5.41) is 6.14. The standard InChI is InChI=1S/C14H27N3O2/c1-11-10-15-8-9-17(11)12(18)6-5-7-16-13(19)14(2,3)4/h11,15H,5-10H2,1-4H3,(H,16,19). The molecule has 0 saturated carbocycles. The molecule has 1 rings (SSSR count). The Morgan fingerprint density at radius 3 is 2.63 bits per heavy atom. The van der Waals surface area contributed by atoms with E-state index in [0.717, 1.165) is 19.6 Å². The topological polar surface area (TPSA) is 61.4 Å². The number of amides is 2. The molecule has 5 nitrogen and oxygen atoms in total. The monoisotopic (exact) mass is 269 g/mol. The molecule has 1 heterocycles. The number of piperazine rings is 1. The molecule has 110 valence electrons. The SMILES string of the molecule is CC1CNCCN1C(=O)CCCNC(=O)C(C)(C)C. The van der Waals surface area contributed by atoms with Crippen LogP contribution in [-0.2, 0) is 9.59 Å². The van der Waals surface area contributed by atoms with Gasteiger partial charge in [-0.25, -0.2) is 0 Å². The van der Waals surface area contributed by atoms with Gasteiger partial charge in [-0.2, -0.15) is 0 Å². The van der Waals surface area contributed by atoms with Crippen LogP contribution in [0.2, 0.25) is 0 Å². The van der Waals surface area contributed by atoms with Crippen molar-refractivity contribution in [2.45, 2.75) is 46.6 Å². The average Bonchev–Trinajstić information content (AvgIpc) is 2.33. The summed E-state index contributed by atoms with van der Waals surface area (Å²) in [5.74, 6) is 0.231. The van der Waals surface area contributed by atoms with Gasteiger partial charge >= 0.3 is 0 Å². The second-order valence-electron chi connectivity index (χ2n) is 6.25. The normalized spacial score (nSPS) is 20.2. The Kier molecular flexibility index (Phi) is 5.79. The molecule has 0 spiro atoms. The van der Waals surface area contributed by atoms with Crippen LogP contribution < -0.4 is 10.6 Å². The van der Waals surface area contributed by atoms with E-state index in [1.54, 1.807) is 0 Å². The molecule has 0 aromatic heterocycles. The molecule has 1 unspecified atom stereocenters. The van der Waals surface area contributed by atoms with E-state index in [1.165, 1.54) is 0 Å². The third-order valence-corrected chi connectivity index (χ3v) is 3.36. The van der Waals surface area contributed by atoms with E-state index in [1.807, 2.05) is 25.7 Å². The van der Waals surface area contributed by atoms with Gasteiger partial charge in [0.05, 0.1) is 0 Å². The number of hydrogen-bond acceptors (Lipinski definition) is 3. The van der Waals surface area contributed by atoms with E-state index < -0.39 is 0 Å². The first-order chi connectivity index (χ1) is 8.82. The summed E-state index contributed by atoms with van der Waals surface area (Å²) >= 11 is 0. The van der Waals surface area contributed by atoms with Gasteiger partial charge in [0.15, 0.2) is 0 Å². The maximum Gasteiger partial charge on any atom is 0.225 e. The molecular formula is C14H27N3O2. The smallest absolute Gasteiger partial charge is 0.225 e. The Hall–Kier alpha value is -1.10. The molecule has 1 atom stereocenters. The second-order valence-corrected chi connectivity index (χ2v) is 6.25. The summed E-state index contributed by atoms with van der Waals surface area (Å²) in [4.78, 5) is 25.6. The van der Waals surface area contributed by atoms with Gasteiger partial charge in [0.2, 0.25) is 11.8 Å². The maximum atomic E-state index is 12.0. The van der Waals surface area contributed by atoms with Crippen molar-refractivity contribution in [2.75, 3.05) is 26.2 Å². The third-order valence-electron chi connectivity index (χ3n) is 3.36. The number of rotatable bonds is 4. The maximum absolute atomic E-state index is 12.0. The van der Waals surface area contributed by atoms with E-state index in [-0.39, 0.29) is 23.3 Å². The molecule has 0 bridgehead atoms. The van der Waals surface area contributed by atoms with Gasteiger partial charge < -0.3 is 15.5 Å². The van der Waals surface area contributed by atoms with E-state index in [2.05, 4.69) is 17.6 Å². The zero-order valence-electron chi connectivity index (χ0n) is 12.6. The van der Waals surface area contributed by atoms with Gasteiger partial charge in [0.25, 0.3) is 0 Å². The molecule has 19 heavy (non-hydrogen) atoms. The van der Waals surface area contributed by atoms with Crippen molar-refractivity contribution in [2.24, 2.45) is 5.41 Å². The van der Waals surface area contributed by atoms with Crippen molar-refractivity contribution in [1.29, 1.82) is 0 Å². The van der Waals surface area contributed by atoms with E-state index in [9.17, 15) is 9.59 Å². The highest BCUT2D eigenvalue weighted by molar-refractivity contribution is 5.81. The molecule has 2 amide bonds. The van der Waals surface area contributed by atoms with Gasteiger partial charge in [-0.3, -0.25) is 9.59 Å². The summed E-state index contributed by atoms with van der Waals surface area (Å²) in [7, 11) is 0. The number of nitrogens with one attached hydrogen (secondary N) is 2. The highest BCUT2D eigenvalue weighted by Gasteiger charge is 2.23. The van der Waals surface area contributed by atoms with Crippen molar-refractivity contribution in [1.82, 2.24) is 15.5 Å². The number of carbonyl (C=O) groups is 2. The molecule has 1 aliphatic heterocycles. The average molecular weight is 269 g/mol. The summed E-state index contributed by atoms with van der Waals surface area (Å²) in [6.07, 6.45) is 1.21. The first kappa shape index (κ1) is 16.0. The lowest BCUT2D eigenvalue weighted by atomic mass is 9.96. The summed E-state index contributed by atoms with van der Waals surface area (Å²) in [6.45, 7) is 10.8. The third kappa shape index (κ3) is 5.19. The molecule has 0 aromatic carbocycles. The molecule has 5 heteroatoms. The number of carbonyl (C=O) groups excluding carboxylic acids is 2. The summed E-state index contributed by atoms with van der Waals surface area (Å²) in [5.41, 5.74) is -0.364. The van der Waals surface area contributed by atoms with Crippen LogP contribution in [-0.4, -0.2) is 48.9 Å². The molecule has 2 N–H and O–H groups in total. The van der Waals surface area contributed by atoms with E-state index >= 15 is 0 Å². The highest BCUT2D eigenvalue weighted by Crippen LogP contribution is 2.12. The predicted octanol–water partition coefficient (Wildman–Crippen LogP) is 0.749. The van der Waals surface area contributed by atoms with Gasteiger partial charge in [-0.1, -0.05) is 20.8 Å². The molecule has 0 aliphatic carbocycles. The highest BCUT2D eigenvalue weighted by atomic mass is 16.2. The number of nitrogens with zero attached hydrogens (tertiary/aromatic N) is 1. The van der Waals surface area contributed by atoms with Crippen molar-refractivity contribution in [3.8, 4) is 0 Å². The van der Waals surface area contributed by atoms with Crippen LogP contribution in [0.15, 0.2) is 0 Å². The van der Waals surface area contributed by atoms with Crippen molar-refractivity contribution >= 4 is 11.8 Å². The summed E-state index contributed by atoms with van der Waals surface area (Å²) in [6, 6.07) is 0.269. The molecular weight excluding hydrogens is 242 g/mol.